The first kappa shape index (κ1) is 28.0. The van der Waals surface area contributed by atoms with Crippen LogP contribution in [0.1, 0.15) is 39.2 Å². The van der Waals surface area contributed by atoms with Gasteiger partial charge in [0.15, 0.2) is 6.10 Å². The minimum Gasteiger partial charge on any atom is -0.479 e. The van der Waals surface area contributed by atoms with Crippen LogP contribution in [0.3, 0.4) is 0 Å². The third kappa shape index (κ3) is 8.19. The number of nitrogens with one attached hydrogen (secondary N) is 3. The molecule has 5 unspecified atom stereocenters. The molecule has 1 aromatic rings. The van der Waals surface area contributed by atoms with Crippen molar-refractivity contribution in [2.75, 3.05) is 12.4 Å². The van der Waals surface area contributed by atoms with Gasteiger partial charge < -0.3 is 40.4 Å². The summed E-state index contributed by atoms with van der Waals surface area (Å²) in [6.07, 6.45) is -3.29. The SMILES string of the molecule is CNC(C(=O)NC(C)C(=O)Nc1cc(COC=O)ccc1OC1CC(O)CC(C(=O)O)O1)C(C)C. The summed E-state index contributed by atoms with van der Waals surface area (Å²) in [6, 6.07) is 3.23. The summed E-state index contributed by atoms with van der Waals surface area (Å²) >= 11 is 0. The maximum absolute atomic E-state index is 12.9. The van der Waals surface area contributed by atoms with Gasteiger partial charge in [-0.2, -0.15) is 0 Å². The average molecular weight is 496 g/mol. The molecular weight excluding hydrogens is 462 g/mol. The number of aliphatic hydroxyl groups excluding tert-OH is 1. The summed E-state index contributed by atoms with van der Waals surface area (Å²) < 4.78 is 16.0. The Balaban J connectivity index is 2.19. The molecule has 0 spiro atoms. The van der Waals surface area contributed by atoms with Crippen molar-refractivity contribution in [1.29, 1.82) is 0 Å². The maximum atomic E-state index is 12.9. The molecule has 0 aliphatic carbocycles. The van der Waals surface area contributed by atoms with Crippen LogP contribution >= 0.6 is 0 Å². The van der Waals surface area contributed by atoms with Gasteiger partial charge in [-0.25, -0.2) is 4.79 Å². The van der Waals surface area contributed by atoms with E-state index in [2.05, 4.69) is 16.0 Å². The smallest absolute Gasteiger partial charge is 0.333 e. The number of aliphatic carboxylic acids is 1. The molecule has 35 heavy (non-hydrogen) atoms. The number of carbonyl (C=O) groups is 4. The van der Waals surface area contributed by atoms with E-state index in [0.717, 1.165) is 0 Å². The van der Waals surface area contributed by atoms with E-state index in [4.69, 9.17) is 14.2 Å². The summed E-state index contributed by atoms with van der Waals surface area (Å²) in [5.74, 6) is -1.95. The molecule has 0 aromatic heterocycles. The van der Waals surface area contributed by atoms with E-state index >= 15 is 0 Å². The van der Waals surface area contributed by atoms with E-state index in [1.165, 1.54) is 19.1 Å². The van der Waals surface area contributed by atoms with Crippen LogP contribution in [0.15, 0.2) is 18.2 Å². The minimum absolute atomic E-state index is 0.00485. The zero-order valence-electron chi connectivity index (χ0n) is 20.1. The van der Waals surface area contributed by atoms with Crippen molar-refractivity contribution in [1.82, 2.24) is 10.6 Å². The first-order valence-corrected chi connectivity index (χ1v) is 11.2. The Morgan fingerprint density at radius 1 is 1.20 bits per heavy atom. The van der Waals surface area contributed by atoms with Crippen LogP contribution in [0.5, 0.6) is 5.75 Å². The lowest BCUT2D eigenvalue weighted by atomic mass is 10.0. The molecule has 1 aliphatic rings. The summed E-state index contributed by atoms with van der Waals surface area (Å²) in [6.45, 7) is 5.51. The number of hydrogen-bond acceptors (Lipinski definition) is 9. The lowest BCUT2D eigenvalue weighted by molar-refractivity contribution is -0.195. The Kier molecular flexibility index (Phi) is 10.4. The fourth-order valence-electron chi connectivity index (χ4n) is 3.61. The highest BCUT2D eigenvalue weighted by molar-refractivity contribution is 5.98. The molecule has 0 radical (unpaired) electrons. The summed E-state index contributed by atoms with van der Waals surface area (Å²) in [7, 11) is 1.66. The van der Waals surface area contributed by atoms with E-state index in [0.29, 0.717) is 5.56 Å². The van der Waals surface area contributed by atoms with Crippen molar-refractivity contribution in [3.05, 3.63) is 23.8 Å². The van der Waals surface area contributed by atoms with Crippen LogP contribution in [0.25, 0.3) is 0 Å². The number of carboxylic acids is 1. The number of carboxylic acid groups (broad SMARTS) is 1. The van der Waals surface area contributed by atoms with Gasteiger partial charge in [0.05, 0.1) is 17.8 Å². The van der Waals surface area contributed by atoms with Gasteiger partial charge in [0.2, 0.25) is 18.1 Å². The second-order valence-corrected chi connectivity index (χ2v) is 8.60. The molecule has 0 bridgehead atoms. The fraction of sp³-hybridized carbons (Fsp3) is 0.565. The number of ether oxygens (including phenoxy) is 3. The molecule has 1 aromatic carbocycles. The Morgan fingerprint density at radius 2 is 1.91 bits per heavy atom. The Bertz CT molecular complexity index is 908. The standard InChI is InChI=1S/C23H33N3O9/c1-12(2)20(24-4)22(30)25-13(3)21(29)26-16-7-14(10-33-11-27)5-6-17(16)34-19-9-15(28)8-18(35-19)23(31)32/h5-7,11-13,15,18-20,24,28H,8-10H2,1-4H3,(H,25,30)(H,26,29)(H,31,32). The van der Waals surface area contributed by atoms with Crippen LogP contribution in [0, 0.1) is 5.92 Å². The van der Waals surface area contributed by atoms with Crippen LogP contribution in [0.2, 0.25) is 0 Å². The third-order valence-corrected chi connectivity index (χ3v) is 5.43. The molecule has 1 saturated heterocycles. The van der Waals surface area contributed by atoms with Gasteiger partial charge in [0, 0.05) is 12.8 Å². The highest BCUT2D eigenvalue weighted by Gasteiger charge is 2.34. The largest absolute Gasteiger partial charge is 0.479 e. The van der Waals surface area contributed by atoms with Gasteiger partial charge in [-0.3, -0.25) is 14.4 Å². The predicted octanol–water partition coefficient (Wildman–Crippen LogP) is 0.376. The van der Waals surface area contributed by atoms with E-state index < -0.39 is 42.5 Å². The van der Waals surface area contributed by atoms with E-state index in [1.807, 2.05) is 13.8 Å². The Labute approximate surface area is 203 Å². The van der Waals surface area contributed by atoms with E-state index in [1.54, 1.807) is 13.1 Å². The lowest BCUT2D eigenvalue weighted by Crippen LogP contribution is -2.51. The molecular formula is C23H33N3O9. The fourth-order valence-corrected chi connectivity index (χ4v) is 3.61. The molecule has 1 fully saturated rings. The predicted molar refractivity (Wildman–Crippen MR) is 123 cm³/mol. The summed E-state index contributed by atoms with van der Waals surface area (Å²) in [4.78, 5) is 47.2. The zero-order chi connectivity index (χ0) is 26.1. The highest BCUT2D eigenvalue weighted by Crippen LogP contribution is 2.30. The monoisotopic (exact) mass is 495 g/mol. The lowest BCUT2D eigenvalue weighted by Gasteiger charge is -2.31. The molecule has 5 atom stereocenters. The van der Waals surface area contributed by atoms with Crippen molar-refractivity contribution in [3.63, 3.8) is 0 Å². The summed E-state index contributed by atoms with van der Waals surface area (Å²) in [5.41, 5.74) is 0.729. The normalized spacial score (nSPS) is 21.5. The Morgan fingerprint density at radius 3 is 2.51 bits per heavy atom. The number of likely N-dealkylation sites (N-methyl/N-ethyl adjacent to an activating group) is 1. The van der Waals surface area contributed by atoms with E-state index in [-0.39, 0.29) is 49.2 Å². The van der Waals surface area contributed by atoms with Gasteiger partial charge in [-0.15, -0.1) is 0 Å². The van der Waals surface area contributed by atoms with Gasteiger partial charge in [-0.1, -0.05) is 19.9 Å². The molecule has 0 saturated carbocycles. The molecule has 12 heteroatoms. The number of aliphatic hydroxyl groups is 1. The van der Waals surface area contributed by atoms with Crippen molar-refractivity contribution in [2.45, 2.75) is 70.8 Å². The molecule has 2 amide bonds. The Hall–Kier alpha value is -3.22. The number of anilines is 1. The van der Waals surface area contributed by atoms with Gasteiger partial charge in [-0.05, 0) is 37.6 Å². The topological polar surface area (TPSA) is 173 Å². The van der Waals surface area contributed by atoms with Gasteiger partial charge >= 0.3 is 5.97 Å². The van der Waals surface area contributed by atoms with Crippen molar-refractivity contribution < 1.29 is 43.6 Å². The number of carbonyl (C=O) groups excluding carboxylic acids is 3. The van der Waals surface area contributed by atoms with Crippen molar-refractivity contribution in [3.8, 4) is 5.75 Å². The number of benzene rings is 1. The second-order valence-electron chi connectivity index (χ2n) is 8.60. The minimum atomic E-state index is -1.24. The first-order valence-electron chi connectivity index (χ1n) is 11.2. The third-order valence-electron chi connectivity index (χ3n) is 5.43. The summed E-state index contributed by atoms with van der Waals surface area (Å²) in [5, 5.41) is 27.5. The van der Waals surface area contributed by atoms with Crippen LogP contribution < -0.4 is 20.7 Å². The van der Waals surface area contributed by atoms with E-state index in [9.17, 15) is 29.4 Å². The van der Waals surface area contributed by atoms with Gasteiger partial charge in [0.25, 0.3) is 6.47 Å². The van der Waals surface area contributed by atoms with Crippen LogP contribution in [-0.2, 0) is 35.3 Å². The zero-order valence-corrected chi connectivity index (χ0v) is 20.1. The molecule has 12 nitrogen and oxygen atoms in total. The van der Waals surface area contributed by atoms with Crippen molar-refractivity contribution in [2.24, 2.45) is 5.92 Å². The van der Waals surface area contributed by atoms with Crippen LogP contribution in [0.4, 0.5) is 5.69 Å². The van der Waals surface area contributed by atoms with Crippen molar-refractivity contribution >= 4 is 29.9 Å². The second kappa shape index (κ2) is 13.0. The quantitative estimate of drug-likeness (QED) is 0.255. The molecule has 194 valence electrons. The molecule has 5 N–H and O–H groups in total. The van der Waals surface area contributed by atoms with Crippen LogP contribution in [-0.4, -0.2) is 72.1 Å². The first-order chi connectivity index (χ1) is 16.5. The molecule has 1 heterocycles. The highest BCUT2D eigenvalue weighted by atomic mass is 16.7. The number of hydrogen-bond donors (Lipinski definition) is 5. The molecule has 1 aliphatic heterocycles. The average Bonchev–Trinajstić information content (AvgIpc) is 2.78. The number of amides is 2. The molecule has 2 rings (SSSR count). The van der Waals surface area contributed by atoms with Gasteiger partial charge in [0.1, 0.15) is 18.4 Å². The number of rotatable bonds is 12. The maximum Gasteiger partial charge on any atom is 0.333 e.